The molecule has 0 radical (unpaired) electrons. The second-order valence-corrected chi connectivity index (χ2v) is 6.92. The molecule has 0 aliphatic heterocycles. The molecule has 10 N–H and O–H groups in total. The van der Waals surface area contributed by atoms with Crippen molar-refractivity contribution in [1.82, 2.24) is 10.3 Å². The van der Waals surface area contributed by atoms with E-state index in [1.165, 1.54) is 25.3 Å². The molecule has 1 aromatic heterocycles. The van der Waals surface area contributed by atoms with Crippen LogP contribution in [0.2, 0.25) is 0 Å². The van der Waals surface area contributed by atoms with Crippen LogP contribution in [0.4, 0.5) is 11.4 Å². The van der Waals surface area contributed by atoms with Gasteiger partial charge in [-0.25, -0.2) is 14.8 Å². The molecule has 11 heteroatoms. The van der Waals surface area contributed by atoms with E-state index in [0.29, 0.717) is 0 Å². The number of benzene rings is 2. The number of carbonyl (C=O) groups is 2. The third-order valence-corrected chi connectivity index (χ3v) is 4.57. The number of ether oxygens (including phenoxy) is 1. The summed E-state index contributed by atoms with van der Waals surface area (Å²) < 4.78 is 4.89. The zero-order valence-corrected chi connectivity index (χ0v) is 17.3. The average Bonchev–Trinajstić information content (AvgIpc) is 3.14. The Morgan fingerprint density at radius 1 is 1.03 bits per heavy atom. The fraction of sp³-hybridized carbons (Fsp3) is 0.143. The second-order valence-electron chi connectivity index (χ2n) is 6.92. The number of nitrogens with one attached hydrogen (secondary N) is 2. The predicted molar refractivity (Wildman–Crippen MR) is 123 cm³/mol. The van der Waals surface area contributed by atoms with E-state index >= 15 is 0 Å². The fourth-order valence-electron chi connectivity index (χ4n) is 3.25. The number of aromatic amines is 1. The summed E-state index contributed by atoms with van der Waals surface area (Å²) in [4.78, 5) is 36.4. The normalized spacial score (nSPS) is 11.4. The largest absolute Gasteiger partial charge is 0.467 e. The molecular weight excluding hydrogens is 412 g/mol. The highest BCUT2D eigenvalue weighted by Gasteiger charge is 2.24. The number of nitrogens with zero attached hydrogens (tertiary/aromatic N) is 2. The molecule has 1 amide bonds. The molecule has 166 valence electrons. The summed E-state index contributed by atoms with van der Waals surface area (Å²) in [7, 11) is 1.26. The van der Waals surface area contributed by atoms with Crippen LogP contribution in [0.25, 0.3) is 10.9 Å². The van der Waals surface area contributed by atoms with Gasteiger partial charge < -0.3 is 38.0 Å². The molecule has 0 saturated carbocycles. The molecule has 0 unspecified atom stereocenters. The lowest BCUT2D eigenvalue weighted by Crippen LogP contribution is -2.43. The van der Waals surface area contributed by atoms with E-state index in [0.717, 1.165) is 16.5 Å². The van der Waals surface area contributed by atoms with Gasteiger partial charge in [-0.3, -0.25) is 4.79 Å². The van der Waals surface area contributed by atoms with Gasteiger partial charge in [0.2, 0.25) is 0 Å². The standard InChI is InChI=1S/C21H24N8O3/c1-32-19(31)17(8-12-10-26-16-5-3-2-4-15(12)16)29-18(30)11-6-13(27-20(22)23)9-14(7-11)28-21(24)25/h2-7,9-10,17,26H,8H2,1H3,(H,29,30)(H4,22,23,27)(H4,24,25,28)/t17-/m0/s1. The summed E-state index contributed by atoms with van der Waals surface area (Å²) in [6.45, 7) is 0. The van der Waals surface area contributed by atoms with E-state index in [4.69, 9.17) is 27.7 Å². The molecule has 3 aromatic rings. The van der Waals surface area contributed by atoms with Crippen molar-refractivity contribution in [1.29, 1.82) is 0 Å². The highest BCUT2D eigenvalue weighted by atomic mass is 16.5. The number of aliphatic imine (C=N–C) groups is 2. The molecule has 0 bridgehead atoms. The van der Waals surface area contributed by atoms with Gasteiger partial charge >= 0.3 is 5.97 Å². The first-order valence-electron chi connectivity index (χ1n) is 9.55. The smallest absolute Gasteiger partial charge is 0.328 e. The molecule has 1 heterocycles. The van der Waals surface area contributed by atoms with E-state index in [2.05, 4.69) is 20.3 Å². The lowest BCUT2D eigenvalue weighted by molar-refractivity contribution is -0.142. The zero-order valence-electron chi connectivity index (χ0n) is 17.3. The minimum atomic E-state index is -0.940. The van der Waals surface area contributed by atoms with Gasteiger partial charge in [0.05, 0.1) is 18.5 Å². The van der Waals surface area contributed by atoms with Crippen LogP contribution in [0, 0.1) is 0 Å². The number of H-pyrrole nitrogens is 1. The lowest BCUT2D eigenvalue weighted by Gasteiger charge is -2.17. The maximum Gasteiger partial charge on any atom is 0.328 e. The van der Waals surface area contributed by atoms with Crippen LogP contribution in [0.15, 0.2) is 58.6 Å². The summed E-state index contributed by atoms with van der Waals surface area (Å²) in [5, 5.41) is 3.64. The van der Waals surface area contributed by atoms with E-state index in [1.807, 2.05) is 24.3 Å². The lowest BCUT2D eigenvalue weighted by atomic mass is 10.0. The van der Waals surface area contributed by atoms with Crippen LogP contribution in [0.1, 0.15) is 15.9 Å². The average molecular weight is 436 g/mol. The van der Waals surface area contributed by atoms with Crippen LogP contribution in [0.5, 0.6) is 0 Å². The summed E-state index contributed by atoms with van der Waals surface area (Å²) in [6.07, 6.45) is 2.01. The Balaban J connectivity index is 1.91. The number of amides is 1. The highest BCUT2D eigenvalue weighted by molar-refractivity contribution is 5.99. The number of guanidine groups is 2. The Labute approximate surface area is 183 Å². The van der Waals surface area contributed by atoms with E-state index in [9.17, 15) is 9.59 Å². The Bertz CT molecular complexity index is 1170. The molecule has 0 fully saturated rings. The van der Waals surface area contributed by atoms with Crippen molar-refractivity contribution < 1.29 is 14.3 Å². The molecule has 32 heavy (non-hydrogen) atoms. The van der Waals surface area contributed by atoms with Crippen molar-refractivity contribution in [3.8, 4) is 0 Å². The minimum Gasteiger partial charge on any atom is -0.467 e. The number of aromatic nitrogens is 1. The number of hydrogen-bond donors (Lipinski definition) is 6. The molecule has 11 nitrogen and oxygen atoms in total. The van der Waals surface area contributed by atoms with Gasteiger partial charge in [-0.15, -0.1) is 0 Å². The Kier molecular flexibility index (Phi) is 6.59. The van der Waals surface area contributed by atoms with Crippen molar-refractivity contribution in [3.63, 3.8) is 0 Å². The number of nitrogens with two attached hydrogens (primary N) is 4. The third-order valence-electron chi connectivity index (χ3n) is 4.57. The van der Waals surface area contributed by atoms with Gasteiger partial charge in [0.1, 0.15) is 6.04 Å². The zero-order chi connectivity index (χ0) is 23.3. The quantitative estimate of drug-likeness (QED) is 0.176. The SMILES string of the molecule is COC(=O)[C@H](Cc1c[nH]c2ccccc12)NC(=O)c1cc(N=C(N)N)cc(N=C(N)N)c1. The van der Waals surface area contributed by atoms with Gasteiger partial charge in [-0.1, -0.05) is 18.2 Å². The van der Waals surface area contributed by atoms with Crippen LogP contribution in [-0.4, -0.2) is 41.9 Å². The van der Waals surface area contributed by atoms with Crippen LogP contribution in [0.3, 0.4) is 0 Å². The highest BCUT2D eigenvalue weighted by Crippen LogP contribution is 2.24. The maximum atomic E-state index is 13.0. The summed E-state index contributed by atoms with van der Waals surface area (Å²) >= 11 is 0. The summed E-state index contributed by atoms with van der Waals surface area (Å²) in [5.74, 6) is -1.55. The third kappa shape index (κ3) is 5.33. The molecule has 2 aromatic carbocycles. The van der Waals surface area contributed by atoms with Crippen molar-refractivity contribution in [2.24, 2.45) is 32.9 Å². The Morgan fingerprint density at radius 2 is 1.66 bits per heavy atom. The first-order chi connectivity index (χ1) is 15.3. The molecular formula is C21H24N8O3. The molecule has 0 aliphatic carbocycles. The summed E-state index contributed by atoms with van der Waals surface area (Å²) in [6, 6.07) is 11.1. The van der Waals surface area contributed by atoms with Gasteiger partial charge in [-0.2, -0.15) is 0 Å². The van der Waals surface area contributed by atoms with Gasteiger partial charge in [0.15, 0.2) is 11.9 Å². The van der Waals surface area contributed by atoms with Crippen molar-refractivity contribution in [3.05, 3.63) is 59.8 Å². The Morgan fingerprint density at radius 3 is 2.25 bits per heavy atom. The van der Waals surface area contributed by atoms with E-state index in [-0.39, 0.29) is 35.3 Å². The van der Waals surface area contributed by atoms with Crippen LogP contribution in [-0.2, 0) is 16.0 Å². The first kappa shape index (κ1) is 22.2. The molecule has 0 saturated heterocycles. The van der Waals surface area contributed by atoms with E-state index in [1.54, 1.807) is 6.20 Å². The Hall–Kier alpha value is -4.54. The van der Waals surface area contributed by atoms with Crippen LogP contribution >= 0.6 is 0 Å². The van der Waals surface area contributed by atoms with E-state index < -0.39 is 17.9 Å². The molecule has 0 spiro atoms. The van der Waals surface area contributed by atoms with Gasteiger partial charge in [-0.05, 0) is 29.8 Å². The first-order valence-corrected chi connectivity index (χ1v) is 9.55. The maximum absolute atomic E-state index is 13.0. The predicted octanol–water partition coefficient (Wildman–Crippen LogP) is 0.492. The number of para-hydroxylation sites is 1. The number of hydrogen-bond acceptors (Lipinski definition) is 5. The van der Waals surface area contributed by atoms with Gasteiger partial charge in [0, 0.05) is 29.1 Å². The summed E-state index contributed by atoms with van der Waals surface area (Å²) in [5.41, 5.74) is 24.2. The number of methoxy groups -OCH3 is 1. The van der Waals surface area contributed by atoms with Crippen molar-refractivity contribution >= 4 is 46.1 Å². The number of esters is 1. The van der Waals surface area contributed by atoms with Crippen LogP contribution < -0.4 is 28.3 Å². The minimum absolute atomic E-state index is 0.153. The van der Waals surface area contributed by atoms with Gasteiger partial charge in [0.25, 0.3) is 5.91 Å². The molecule has 1 atom stereocenters. The second kappa shape index (κ2) is 9.51. The van der Waals surface area contributed by atoms with Crippen molar-refractivity contribution in [2.75, 3.05) is 7.11 Å². The van der Waals surface area contributed by atoms with Crippen molar-refractivity contribution in [2.45, 2.75) is 12.5 Å². The fourth-order valence-corrected chi connectivity index (χ4v) is 3.25. The number of rotatable bonds is 7. The number of carbonyl (C=O) groups excluding carboxylic acids is 2. The number of fused-ring (bicyclic) bond motifs is 1. The monoisotopic (exact) mass is 436 g/mol. The topological polar surface area (TPSA) is 200 Å². The molecule has 0 aliphatic rings. The molecule has 3 rings (SSSR count).